The Morgan fingerprint density at radius 3 is 2.36 bits per heavy atom. The van der Waals surface area contributed by atoms with Crippen LogP contribution in [-0.4, -0.2) is 56.3 Å². The van der Waals surface area contributed by atoms with Crippen molar-refractivity contribution in [1.29, 1.82) is 0 Å². The third kappa shape index (κ3) is 7.37. The van der Waals surface area contributed by atoms with E-state index in [1.54, 1.807) is 38.1 Å². The number of nitrogens with zero attached hydrogens (tertiary/aromatic N) is 3. The smallest absolute Gasteiger partial charge is 0.273 e. The van der Waals surface area contributed by atoms with Gasteiger partial charge in [0.2, 0.25) is 11.8 Å². The van der Waals surface area contributed by atoms with Crippen LogP contribution in [0, 0.1) is 17.0 Å². The van der Waals surface area contributed by atoms with Gasteiger partial charge in [-0.25, -0.2) is 8.42 Å². The van der Waals surface area contributed by atoms with Crippen molar-refractivity contribution in [2.45, 2.75) is 44.7 Å². The van der Waals surface area contributed by atoms with Crippen molar-refractivity contribution in [3.05, 3.63) is 93.0 Å². The Labute approximate surface area is 250 Å². The largest absolute Gasteiger partial charge is 0.495 e. The molecule has 0 saturated heterocycles. The summed E-state index contributed by atoms with van der Waals surface area (Å²) in [5.74, 6) is -0.958. The summed E-state index contributed by atoms with van der Waals surface area (Å²) in [6.45, 7) is 4.63. The minimum atomic E-state index is -4.60. The van der Waals surface area contributed by atoms with E-state index in [-0.39, 0.29) is 40.9 Å². The number of anilines is 1. The lowest BCUT2D eigenvalue weighted by Gasteiger charge is -2.33. The molecule has 0 spiro atoms. The van der Waals surface area contributed by atoms with E-state index in [0.717, 1.165) is 15.9 Å². The topological polar surface area (TPSA) is 139 Å². The Hall–Kier alpha value is -4.16. The molecule has 0 aliphatic carbocycles. The molecule has 0 fully saturated rings. The second kappa shape index (κ2) is 14.1. The molecule has 0 unspecified atom stereocenters. The monoisotopic (exact) mass is 616 g/mol. The molecular weight excluding hydrogens is 584 g/mol. The molecule has 42 heavy (non-hydrogen) atoms. The normalized spacial score (nSPS) is 11.8. The third-order valence-corrected chi connectivity index (χ3v) is 8.58. The number of methoxy groups -OCH3 is 1. The van der Waals surface area contributed by atoms with Crippen LogP contribution in [0.3, 0.4) is 0 Å². The number of benzene rings is 3. The Kier molecular flexibility index (Phi) is 10.9. The molecule has 0 bridgehead atoms. The molecule has 0 aliphatic rings. The van der Waals surface area contributed by atoms with Crippen LogP contribution in [0.5, 0.6) is 5.75 Å². The lowest BCUT2D eigenvalue weighted by atomic mass is 10.1. The Balaban J connectivity index is 2.18. The summed E-state index contributed by atoms with van der Waals surface area (Å²) in [7, 11) is -3.27. The van der Waals surface area contributed by atoms with Gasteiger partial charge in [-0.3, -0.25) is 24.0 Å². The summed E-state index contributed by atoms with van der Waals surface area (Å²) >= 11 is 6.24. The number of sulfonamides is 1. The third-order valence-electron chi connectivity index (χ3n) is 6.59. The number of nitro benzene ring substituents is 1. The van der Waals surface area contributed by atoms with Gasteiger partial charge in [0.15, 0.2) is 0 Å². The van der Waals surface area contributed by atoms with Gasteiger partial charge in [-0.1, -0.05) is 54.9 Å². The maximum atomic E-state index is 14.1. The van der Waals surface area contributed by atoms with E-state index >= 15 is 0 Å². The van der Waals surface area contributed by atoms with Gasteiger partial charge in [-0.05, 0) is 50.1 Å². The SMILES string of the molecule is CCNC(=O)[C@H](CC)N(Cc1ccccc1)C(=O)CN(c1cc(Cl)ccc1OC)S(=O)(=O)c1ccc(C)c([N+](=O)[O-])c1. The molecule has 0 heterocycles. The first-order valence-corrected chi connectivity index (χ1v) is 15.0. The first kappa shape index (κ1) is 32.4. The van der Waals surface area contributed by atoms with E-state index in [0.29, 0.717) is 6.54 Å². The minimum Gasteiger partial charge on any atom is -0.495 e. The number of nitrogens with one attached hydrogen (secondary N) is 1. The van der Waals surface area contributed by atoms with E-state index in [1.165, 1.54) is 49.3 Å². The van der Waals surface area contributed by atoms with Crippen molar-refractivity contribution in [1.82, 2.24) is 10.2 Å². The lowest BCUT2D eigenvalue weighted by Crippen LogP contribution is -2.52. The Morgan fingerprint density at radius 1 is 1.07 bits per heavy atom. The molecule has 1 N–H and O–H groups in total. The molecule has 0 saturated carbocycles. The quantitative estimate of drug-likeness (QED) is 0.217. The highest BCUT2D eigenvalue weighted by Crippen LogP contribution is 2.36. The van der Waals surface area contributed by atoms with Gasteiger partial charge in [0.25, 0.3) is 15.7 Å². The molecule has 3 rings (SSSR count). The van der Waals surface area contributed by atoms with Crippen LogP contribution in [0.15, 0.2) is 71.6 Å². The summed E-state index contributed by atoms with van der Waals surface area (Å²) in [4.78, 5) is 39.0. The molecule has 3 aromatic carbocycles. The second-order valence-corrected chi connectivity index (χ2v) is 11.7. The highest BCUT2D eigenvalue weighted by molar-refractivity contribution is 7.92. The van der Waals surface area contributed by atoms with Crippen LogP contribution in [0.2, 0.25) is 5.02 Å². The number of nitro groups is 1. The first-order chi connectivity index (χ1) is 19.9. The molecule has 0 aliphatic heterocycles. The molecule has 224 valence electrons. The molecule has 2 amide bonds. The number of likely N-dealkylation sites (N-methyl/N-ethyl adjacent to an activating group) is 1. The van der Waals surface area contributed by atoms with E-state index in [9.17, 15) is 28.1 Å². The number of carbonyl (C=O) groups excluding carboxylic acids is 2. The highest BCUT2D eigenvalue weighted by Gasteiger charge is 2.35. The van der Waals surface area contributed by atoms with Crippen LogP contribution < -0.4 is 14.4 Å². The molecule has 0 aromatic heterocycles. The fraction of sp³-hybridized carbons (Fsp3) is 0.310. The number of hydrogen-bond donors (Lipinski definition) is 1. The average Bonchev–Trinajstić information content (AvgIpc) is 2.96. The molecule has 0 radical (unpaired) electrons. The van der Waals surface area contributed by atoms with Crippen molar-refractivity contribution in [3.8, 4) is 5.75 Å². The maximum Gasteiger partial charge on any atom is 0.273 e. The zero-order valence-corrected chi connectivity index (χ0v) is 25.3. The van der Waals surface area contributed by atoms with Gasteiger partial charge in [-0.15, -0.1) is 0 Å². The number of rotatable bonds is 13. The molecular formula is C29H33ClN4O7S. The van der Waals surface area contributed by atoms with Crippen molar-refractivity contribution >= 4 is 44.8 Å². The van der Waals surface area contributed by atoms with Gasteiger partial charge in [0.1, 0.15) is 18.3 Å². The van der Waals surface area contributed by atoms with Crippen LogP contribution >= 0.6 is 11.6 Å². The van der Waals surface area contributed by atoms with Crippen LogP contribution in [0.25, 0.3) is 0 Å². The molecule has 13 heteroatoms. The molecule has 3 aromatic rings. The predicted molar refractivity (Wildman–Crippen MR) is 160 cm³/mol. The van der Waals surface area contributed by atoms with Gasteiger partial charge >= 0.3 is 0 Å². The van der Waals surface area contributed by atoms with Crippen molar-refractivity contribution in [3.63, 3.8) is 0 Å². The minimum absolute atomic E-state index is 0.0336. The molecule has 1 atom stereocenters. The Morgan fingerprint density at radius 2 is 1.76 bits per heavy atom. The first-order valence-electron chi connectivity index (χ1n) is 13.2. The number of halogens is 1. The number of carbonyl (C=O) groups is 2. The Bertz CT molecular complexity index is 1550. The van der Waals surface area contributed by atoms with Crippen molar-refractivity contribution in [2.75, 3.05) is 24.5 Å². The van der Waals surface area contributed by atoms with Gasteiger partial charge in [0.05, 0.1) is 22.6 Å². The van der Waals surface area contributed by atoms with Crippen molar-refractivity contribution in [2.24, 2.45) is 0 Å². The fourth-order valence-corrected chi connectivity index (χ4v) is 6.04. The summed E-state index contributed by atoms with van der Waals surface area (Å²) < 4.78 is 34.5. The number of aryl methyl sites for hydroxylation is 1. The van der Waals surface area contributed by atoms with Gasteiger partial charge in [-0.2, -0.15) is 0 Å². The average molecular weight is 617 g/mol. The maximum absolute atomic E-state index is 14.1. The van der Waals surface area contributed by atoms with Crippen LogP contribution in [0.4, 0.5) is 11.4 Å². The van der Waals surface area contributed by atoms with E-state index in [4.69, 9.17) is 16.3 Å². The predicted octanol–water partition coefficient (Wildman–Crippen LogP) is 4.70. The highest BCUT2D eigenvalue weighted by atomic mass is 35.5. The standard InChI is InChI=1S/C29H33ClN4O7S/c1-5-24(29(36)31-6-2)32(18-21-10-8-7-9-11-21)28(35)19-33(26-16-22(30)13-15-27(26)41-4)42(39,40)23-14-12-20(3)25(17-23)34(37)38/h7-17,24H,5-6,18-19H2,1-4H3,(H,31,36)/t24-/m0/s1. The number of ether oxygens (including phenoxy) is 1. The lowest BCUT2D eigenvalue weighted by molar-refractivity contribution is -0.385. The number of hydrogen-bond acceptors (Lipinski definition) is 7. The summed E-state index contributed by atoms with van der Waals surface area (Å²) in [6, 6.07) is 15.9. The van der Waals surface area contributed by atoms with E-state index < -0.39 is 44.0 Å². The van der Waals surface area contributed by atoms with Gasteiger partial charge in [0, 0.05) is 29.7 Å². The summed E-state index contributed by atoms with van der Waals surface area (Å²) in [5.41, 5.74) is 0.557. The zero-order valence-electron chi connectivity index (χ0n) is 23.7. The summed E-state index contributed by atoms with van der Waals surface area (Å²) in [5, 5.41) is 14.5. The second-order valence-electron chi connectivity index (χ2n) is 9.36. The summed E-state index contributed by atoms with van der Waals surface area (Å²) in [6.07, 6.45) is 0.266. The zero-order chi connectivity index (χ0) is 31.0. The van der Waals surface area contributed by atoms with Crippen LogP contribution in [-0.2, 0) is 26.2 Å². The van der Waals surface area contributed by atoms with E-state index in [2.05, 4.69) is 5.32 Å². The molecule has 11 nitrogen and oxygen atoms in total. The van der Waals surface area contributed by atoms with Crippen molar-refractivity contribution < 1.29 is 27.7 Å². The van der Waals surface area contributed by atoms with Gasteiger partial charge < -0.3 is 15.0 Å². The number of amides is 2. The van der Waals surface area contributed by atoms with Crippen LogP contribution in [0.1, 0.15) is 31.4 Å². The fourth-order valence-electron chi connectivity index (χ4n) is 4.44. The van der Waals surface area contributed by atoms with E-state index in [1.807, 2.05) is 6.07 Å².